The van der Waals surface area contributed by atoms with Crippen LogP contribution in [0.3, 0.4) is 0 Å². The van der Waals surface area contributed by atoms with E-state index in [4.69, 9.17) is 0 Å². The van der Waals surface area contributed by atoms with Crippen LogP contribution in [0.4, 0.5) is 5.69 Å². The van der Waals surface area contributed by atoms with Crippen LogP contribution >= 0.6 is 0 Å². The van der Waals surface area contributed by atoms with Gasteiger partial charge in [-0.3, -0.25) is 4.90 Å². The van der Waals surface area contributed by atoms with E-state index in [0.29, 0.717) is 18.2 Å². The fraction of sp³-hybridized carbons (Fsp3) is 0.280. The standard InChI is InChI=1S/C25H28N2/c1-19(2)26-20(3)27(23-17-11-6-12-18-23)25(22-15-9-5-10-16-22)24(26)21-13-7-4-8-14-21/h4-20,24-25H,1-3H3. The van der Waals surface area contributed by atoms with Crippen LogP contribution in [0.25, 0.3) is 0 Å². The molecule has 3 atom stereocenters. The van der Waals surface area contributed by atoms with Gasteiger partial charge in [0.1, 0.15) is 0 Å². The third-order valence-corrected chi connectivity index (χ3v) is 5.69. The molecule has 2 nitrogen and oxygen atoms in total. The van der Waals surface area contributed by atoms with Crippen LogP contribution in [-0.2, 0) is 0 Å². The first-order valence-electron chi connectivity index (χ1n) is 9.89. The zero-order chi connectivity index (χ0) is 18.8. The van der Waals surface area contributed by atoms with Crippen LogP contribution in [-0.4, -0.2) is 17.1 Å². The van der Waals surface area contributed by atoms with Gasteiger partial charge in [0.25, 0.3) is 0 Å². The summed E-state index contributed by atoms with van der Waals surface area (Å²) in [5, 5.41) is 0. The number of rotatable bonds is 4. The van der Waals surface area contributed by atoms with E-state index in [-0.39, 0.29) is 6.04 Å². The van der Waals surface area contributed by atoms with Crippen molar-refractivity contribution in [3.05, 3.63) is 102 Å². The minimum Gasteiger partial charge on any atom is -0.347 e. The summed E-state index contributed by atoms with van der Waals surface area (Å²) >= 11 is 0. The van der Waals surface area contributed by atoms with Gasteiger partial charge in [-0.1, -0.05) is 78.9 Å². The number of anilines is 1. The molecule has 3 aromatic rings. The van der Waals surface area contributed by atoms with Crippen LogP contribution in [0.5, 0.6) is 0 Å². The van der Waals surface area contributed by atoms with Crippen molar-refractivity contribution in [1.29, 1.82) is 0 Å². The van der Waals surface area contributed by atoms with Crippen molar-refractivity contribution in [3.8, 4) is 0 Å². The molecule has 1 aliphatic rings. The quantitative estimate of drug-likeness (QED) is 0.562. The van der Waals surface area contributed by atoms with Crippen molar-refractivity contribution < 1.29 is 0 Å². The molecule has 0 aliphatic carbocycles. The van der Waals surface area contributed by atoms with Crippen molar-refractivity contribution in [2.24, 2.45) is 0 Å². The molecule has 0 radical (unpaired) electrons. The summed E-state index contributed by atoms with van der Waals surface area (Å²) in [5.41, 5.74) is 4.03. The summed E-state index contributed by atoms with van der Waals surface area (Å²) in [7, 11) is 0. The van der Waals surface area contributed by atoms with Gasteiger partial charge >= 0.3 is 0 Å². The van der Waals surface area contributed by atoms with Crippen LogP contribution in [0, 0.1) is 0 Å². The van der Waals surface area contributed by atoms with E-state index in [2.05, 4.69) is 122 Å². The summed E-state index contributed by atoms with van der Waals surface area (Å²) < 4.78 is 0. The third kappa shape index (κ3) is 3.26. The lowest BCUT2D eigenvalue weighted by Gasteiger charge is -2.33. The molecule has 1 heterocycles. The predicted octanol–water partition coefficient (Wildman–Crippen LogP) is 6.05. The maximum Gasteiger partial charge on any atom is 0.0807 e. The lowest BCUT2D eigenvalue weighted by atomic mass is 9.92. The van der Waals surface area contributed by atoms with Crippen LogP contribution in [0.15, 0.2) is 91.0 Å². The molecule has 1 saturated heterocycles. The fourth-order valence-corrected chi connectivity index (χ4v) is 4.65. The van der Waals surface area contributed by atoms with E-state index >= 15 is 0 Å². The largest absolute Gasteiger partial charge is 0.347 e. The molecule has 0 amide bonds. The van der Waals surface area contributed by atoms with Crippen molar-refractivity contribution in [2.75, 3.05) is 4.90 Å². The van der Waals surface area contributed by atoms with Gasteiger partial charge in [0, 0.05) is 11.7 Å². The minimum absolute atomic E-state index is 0.272. The Balaban J connectivity index is 1.90. The average Bonchev–Trinajstić information content (AvgIpc) is 3.03. The number of hydrogen-bond donors (Lipinski definition) is 0. The Kier molecular flexibility index (Phi) is 5.00. The molecular formula is C25H28N2. The first-order valence-corrected chi connectivity index (χ1v) is 9.89. The molecule has 4 rings (SSSR count). The highest BCUT2D eigenvalue weighted by molar-refractivity contribution is 5.53. The number of hydrogen-bond acceptors (Lipinski definition) is 2. The summed E-state index contributed by atoms with van der Waals surface area (Å²) in [6.07, 6.45) is 0.308. The lowest BCUT2D eigenvalue weighted by Crippen LogP contribution is -2.40. The van der Waals surface area contributed by atoms with E-state index < -0.39 is 0 Å². The molecule has 1 fully saturated rings. The maximum absolute atomic E-state index is 2.65. The molecule has 0 spiro atoms. The molecular weight excluding hydrogens is 328 g/mol. The Bertz CT molecular complexity index is 845. The van der Waals surface area contributed by atoms with Crippen molar-refractivity contribution in [2.45, 2.75) is 45.1 Å². The van der Waals surface area contributed by atoms with Gasteiger partial charge in [0.15, 0.2) is 0 Å². The second-order valence-corrected chi connectivity index (χ2v) is 7.63. The fourth-order valence-electron chi connectivity index (χ4n) is 4.65. The van der Waals surface area contributed by atoms with Crippen LogP contribution in [0.1, 0.15) is 44.0 Å². The highest BCUT2D eigenvalue weighted by Gasteiger charge is 2.47. The van der Waals surface area contributed by atoms with E-state index in [1.165, 1.54) is 16.8 Å². The van der Waals surface area contributed by atoms with Crippen LogP contribution < -0.4 is 4.90 Å². The molecule has 27 heavy (non-hydrogen) atoms. The van der Waals surface area contributed by atoms with E-state index in [9.17, 15) is 0 Å². The first-order chi connectivity index (χ1) is 13.2. The first kappa shape index (κ1) is 17.8. The SMILES string of the molecule is CC(C)N1C(c2ccccc2)C(c2ccccc2)N(c2ccccc2)C1C. The number of nitrogens with zero attached hydrogens (tertiary/aromatic N) is 2. The second kappa shape index (κ2) is 7.58. The topological polar surface area (TPSA) is 6.48 Å². The molecule has 138 valence electrons. The number of para-hydroxylation sites is 1. The van der Waals surface area contributed by atoms with Crippen LogP contribution in [0.2, 0.25) is 0 Å². The Labute approximate surface area is 163 Å². The van der Waals surface area contributed by atoms with Gasteiger partial charge in [-0.2, -0.15) is 0 Å². The van der Waals surface area contributed by atoms with Gasteiger partial charge in [0.2, 0.25) is 0 Å². The average molecular weight is 357 g/mol. The smallest absolute Gasteiger partial charge is 0.0807 e. The second-order valence-electron chi connectivity index (χ2n) is 7.63. The summed E-state index contributed by atoms with van der Waals surface area (Å²) in [4.78, 5) is 5.24. The summed E-state index contributed by atoms with van der Waals surface area (Å²) in [5.74, 6) is 0. The Morgan fingerprint density at radius 2 is 1.07 bits per heavy atom. The van der Waals surface area contributed by atoms with E-state index in [0.717, 1.165) is 0 Å². The van der Waals surface area contributed by atoms with E-state index in [1.54, 1.807) is 0 Å². The molecule has 0 bridgehead atoms. The van der Waals surface area contributed by atoms with Gasteiger partial charge in [0.05, 0.1) is 18.2 Å². The zero-order valence-corrected chi connectivity index (χ0v) is 16.4. The zero-order valence-electron chi connectivity index (χ0n) is 16.4. The predicted molar refractivity (Wildman–Crippen MR) is 114 cm³/mol. The monoisotopic (exact) mass is 356 g/mol. The van der Waals surface area contributed by atoms with Crippen molar-refractivity contribution >= 4 is 5.69 Å². The normalized spacial score (nSPS) is 23.1. The molecule has 0 saturated carbocycles. The summed E-state index contributed by atoms with van der Waals surface area (Å²) in [6, 6.07) is 33.8. The Morgan fingerprint density at radius 1 is 0.630 bits per heavy atom. The number of benzene rings is 3. The molecule has 0 aromatic heterocycles. The molecule has 2 heteroatoms. The van der Waals surface area contributed by atoms with E-state index in [1.807, 2.05) is 0 Å². The lowest BCUT2D eigenvalue weighted by molar-refractivity contribution is 0.153. The van der Waals surface area contributed by atoms with Gasteiger partial charge in [-0.25, -0.2) is 0 Å². The minimum atomic E-state index is 0.272. The Morgan fingerprint density at radius 3 is 1.56 bits per heavy atom. The molecule has 3 aromatic carbocycles. The van der Waals surface area contributed by atoms with Gasteiger partial charge in [-0.05, 0) is 44.0 Å². The molecule has 0 N–H and O–H groups in total. The third-order valence-electron chi connectivity index (χ3n) is 5.69. The van der Waals surface area contributed by atoms with Crippen molar-refractivity contribution in [1.82, 2.24) is 4.90 Å². The molecule has 3 unspecified atom stereocenters. The Hall–Kier alpha value is -2.58. The van der Waals surface area contributed by atoms with Crippen molar-refractivity contribution in [3.63, 3.8) is 0 Å². The molecule has 1 aliphatic heterocycles. The summed E-state index contributed by atoms with van der Waals surface area (Å²) in [6.45, 7) is 6.96. The maximum atomic E-state index is 2.65. The highest BCUT2D eigenvalue weighted by atomic mass is 15.5. The van der Waals surface area contributed by atoms with Gasteiger partial charge in [-0.15, -0.1) is 0 Å². The highest BCUT2D eigenvalue weighted by Crippen LogP contribution is 2.49. The van der Waals surface area contributed by atoms with Gasteiger partial charge < -0.3 is 4.90 Å².